The van der Waals surface area contributed by atoms with E-state index in [1.54, 1.807) is 0 Å². The number of aliphatic hydroxyl groups is 4. The van der Waals surface area contributed by atoms with Crippen molar-refractivity contribution in [2.45, 2.75) is 55.2 Å². The highest BCUT2D eigenvalue weighted by molar-refractivity contribution is 7.51. The topological polar surface area (TPSA) is 346 Å². The van der Waals surface area contributed by atoms with Gasteiger partial charge in [0.05, 0.1) is 25.9 Å². The van der Waals surface area contributed by atoms with E-state index in [2.05, 4.69) is 34.4 Å². The summed E-state index contributed by atoms with van der Waals surface area (Å²) >= 11 is 0. The molecular weight excluding hydrogens is 664 g/mol. The number of hydrogen-bond acceptors (Lipinski definition) is 17. The number of fused-ring (bicyclic) bond motifs is 2. The Kier molecular flexibility index (Phi) is 8.56. The van der Waals surface area contributed by atoms with Crippen molar-refractivity contribution < 1.29 is 62.8 Å². The van der Waals surface area contributed by atoms with Gasteiger partial charge < -0.3 is 59.8 Å². The van der Waals surface area contributed by atoms with Crippen molar-refractivity contribution in [1.29, 1.82) is 0 Å². The maximum Gasteiger partial charge on any atom is 0.469 e. The van der Waals surface area contributed by atoms with Crippen molar-refractivity contribution in [3.63, 3.8) is 0 Å². The molecule has 4 aromatic heterocycles. The van der Waals surface area contributed by atoms with Crippen LogP contribution in [0.1, 0.15) is 18.3 Å². The number of hydrogen-bond donors (Lipinski definition) is 9. The first kappa shape index (κ1) is 32.7. The number of phosphoric acid groups is 1. The van der Waals surface area contributed by atoms with Gasteiger partial charge in [0.2, 0.25) is 0 Å². The van der Waals surface area contributed by atoms with E-state index in [-0.39, 0.29) is 34.0 Å². The molecule has 2 aliphatic heterocycles. The van der Waals surface area contributed by atoms with Crippen molar-refractivity contribution in [2.75, 3.05) is 18.9 Å². The van der Waals surface area contributed by atoms with E-state index in [9.17, 15) is 39.2 Å². The molecular formula is C21H27N9O14P2. The van der Waals surface area contributed by atoms with Crippen LogP contribution in [0.25, 0.3) is 22.3 Å². The van der Waals surface area contributed by atoms with E-state index in [1.165, 1.54) is 17.2 Å². The smallest absolute Gasteiger partial charge is 0.387 e. The zero-order valence-electron chi connectivity index (χ0n) is 23.1. The molecule has 2 saturated heterocycles. The molecule has 0 aliphatic carbocycles. The lowest BCUT2D eigenvalue weighted by Gasteiger charge is -2.18. The van der Waals surface area contributed by atoms with Gasteiger partial charge in [0, 0.05) is 0 Å². The number of nitrogen functional groups attached to an aromatic ring is 1. The molecule has 1 unspecified atom stereocenters. The van der Waals surface area contributed by atoms with Crippen molar-refractivity contribution in [3.05, 3.63) is 35.2 Å². The Hall–Kier alpha value is -3.28. The summed E-state index contributed by atoms with van der Waals surface area (Å²) in [6.07, 6.45) is -9.11. The van der Waals surface area contributed by atoms with Crippen LogP contribution in [-0.4, -0.2) is 124 Å². The van der Waals surface area contributed by atoms with Crippen LogP contribution in [0.15, 0.2) is 23.8 Å². The molecule has 0 amide bonds. The Balaban J connectivity index is 1.15. The number of aromatic nitrogens is 8. The number of phosphoric ester groups is 1. The van der Waals surface area contributed by atoms with Gasteiger partial charge in [-0.3, -0.25) is 23.0 Å². The Morgan fingerprint density at radius 3 is 2.00 bits per heavy atom. The number of nitrogens with two attached hydrogens (primary N) is 1. The van der Waals surface area contributed by atoms with Crippen LogP contribution >= 0.6 is 15.4 Å². The van der Waals surface area contributed by atoms with Gasteiger partial charge in [-0.2, -0.15) is 0 Å². The third kappa shape index (κ3) is 6.21. The Morgan fingerprint density at radius 1 is 0.826 bits per heavy atom. The first-order chi connectivity index (χ1) is 21.6. The molecule has 2 aliphatic rings. The number of H-pyrrole nitrogens is 1. The minimum Gasteiger partial charge on any atom is -0.387 e. The molecule has 0 bridgehead atoms. The van der Waals surface area contributed by atoms with E-state index < -0.39 is 89.4 Å². The molecule has 6 heterocycles. The monoisotopic (exact) mass is 691 g/mol. The van der Waals surface area contributed by atoms with Crippen LogP contribution in [0.4, 0.5) is 5.82 Å². The molecule has 6 rings (SSSR count). The molecule has 46 heavy (non-hydrogen) atoms. The summed E-state index contributed by atoms with van der Waals surface area (Å²) in [5.41, 5.74) is 4.88. The first-order valence-electron chi connectivity index (χ1n) is 13.2. The molecule has 4 aromatic rings. The zero-order valence-corrected chi connectivity index (χ0v) is 24.9. The van der Waals surface area contributed by atoms with Crippen LogP contribution in [0.3, 0.4) is 0 Å². The number of ether oxygens (including phenoxy) is 2. The molecule has 25 heteroatoms. The highest BCUT2D eigenvalue weighted by atomic mass is 31.2. The first-order valence-corrected chi connectivity index (χ1v) is 16.5. The number of rotatable bonds is 10. The Bertz CT molecular complexity index is 1910. The highest BCUT2D eigenvalue weighted by Gasteiger charge is 2.46. The number of nitrogens with zero attached hydrogens (tertiary/aromatic N) is 7. The van der Waals surface area contributed by atoms with Gasteiger partial charge in [-0.05, 0) is 0 Å². The summed E-state index contributed by atoms with van der Waals surface area (Å²) in [4.78, 5) is 63.4. The van der Waals surface area contributed by atoms with Crippen LogP contribution in [-0.2, 0) is 33.8 Å². The van der Waals surface area contributed by atoms with E-state index in [0.717, 1.165) is 10.9 Å². The minimum atomic E-state index is -4.92. The SMILES string of the molecule is Nc1ncnc2c1ncn2[C@@H]1O[C@H](COP(=O)(O)Cc2nc3c(ncn3[C@@H]3O[C@H](COP(=O)(O)O)[C@@H](O)[C@H]3O)c(=O)[nH]2)[C@@H](O)[C@H]1O. The van der Waals surface area contributed by atoms with E-state index >= 15 is 0 Å². The zero-order chi connectivity index (χ0) is 33.1. The molecule has 250 valence electrons. The normalized spacial score (nSPS) is 30.0. The van der Waals surface area contributed by atoms with Crippen LogP contribution in [0.5, 0.6) is 0 Å². The lowest BCUT2D eigenvalue weighted by Crippen LogP contribution is -2.33. The molecule has 0 radical (unpaired) electrons. The van der Waals surface area contributed by atoms with Crippen LogP contribution < -0.4 is 11.3 Å². The van der Waals surface area contributed by atoms with Crippen LogP contribution in [0.2, 0.25) is 0 Å². The maximum atomic E-state index is 13.0. The number of aromatic amines is 1. The molecule has 23 nitrogen and oxygen atoms in total. The maximum absolute atomic E-state index is 13.0. The fraction of sp³-hybridized carbons (Fsp3) is 0.524. The lowest BCUT2D eigenvalue weighted by molar-refractivity contribution is -0.0504. The second kappa shape index (κ2) is 12.1. The third-order valence-electron chi connectivity index (χ3n) is 7.29. The second-order valence-corrected chi connectivity index (χ2v) is 13.5. The average molecular weight is 691 g/mol. The molecule has 2 fully saturated rings. The largest absolute Gasteiger partial charge is 0.469 e. The van der Waals surface area contributed by atoms with Crippen LogP contribution in [0, 0.1) is 0 Å². The number of aliphatic hydroxyl groups excluding tert-OH is 4. The predicted octanol–water partition coefficient (Wildman–Crippen LogP) is -3.41. The molecule has 0 saturated carbocycles. The summed E-state index contributed by atoms with van der Waals surface area (Å²) in [6.45, 7) is -1.45. The van der Waals surface area contributed by atoms with Crippen molar-refractivity contribution in [1.82, 2.24) is 39.0 Å². The third-order valence-corrected chi connectivity index (χ3v) is 9.03. The quantitative estimate of drug-likeness (QED) is 0.0731. The van der Waals surface area contributed by atoms with Gasteiger partial charge in [-0.25, -0.2) is 29.5 Å². The summed E-state index contributed by atoms with van der Waals surface area (Å²) in [5, 5.41) is 42.0. The fourth-order valence-electron chi connectivity index (χ4n) is 5.08. The highest BCUT2D eigenvalue weighted by Crippen LogP contribution is 2.46. The standard InChI is InChI=1S/C21H27N9O14P2/c22-16-10-17(24-4-23-16)29(5-25-10)20-14(33)12(31)7(43-20)1-41-45(36,37)3-9-27-18-11(19(35)28-9)26-6-30(18)21-15(34)13(32)8(44-21)2-42-46(38,39)40/h4-8,12-15,20-21,31-34H,1-3H2,(H,36,37)(H2,22,23,24)(H,27,28,35)(H2,38,39,40)/t7-,8-,12-,13-,14-,15-,20-,21-/m1/s1. The Labute approximate surface area is 255 Å². The Morgan fingerprint density at radius 2 is 1.39 bits per heavy atom. The number of anilines is 1. The van der Waals surface area contributed by atoms with Gasteiger partial charge in [-0.1, -0.05) is 0 Å². The summed E-state index contributed by atoms with van der Waals surface area (Å²) in [5.74, 6) is -0.278. The van der Waals surface area contributed by atoms with Gasteiger partial charge in [-0.15, -0.1) is 0 Å². The summed E-state index contributed by atoms with van der Waals surface area (Å²) < 4.78 is 47.1. The number of imidazole rings is 2. The minimum absolute atomic E-state index is 0.0762. The van der Waals surface area contributed by atoms with Crippen molar-refractivity contribution in [3.8, 4) is 0 Å². The fourth-order valence-corrected chi connectivity index (χ4v) is 6.42. The van der Waals surface area contributed by atoms with Crippen molar-refractivity contribution >= 4 is 43.6 Å². The average Bonchev–Trinajstić information content (AvgIpc) is 3.73. The second-order valence-electron chi connectivity index (χ2n) is 10.4. The van der Waals surface area contributed by atoms with Gasteiger partial charge in [0.1, 0.15) is 60.5 Å². The van der Waals surface area contributed by atoms with Gasteiger partial charge in [0.25, 0.3) is 5.56 Å². The molecule has 9 atom stereocenters. The molecule has 10 N–H and O–H groups in total. The summed E-state index contributed by atoms with van der Waals surface area (Å²) in [7, 11) is -9.54. The van der Waals surface area contributed by atoms with E-state index in [4.69, 9.17) is 29.5 Å². The van der Waals surface area contributed by atoms with Crippen molar-refractivity contribution in [2.24, 2.45) is 0 Å². The molecule has 0 aromatic carbocycles. The van der Waals surface area contributed by atoms with E-state index in [0.29, 0.717) is 0 Å². The van der Waals surface area contributed by atoms with Gasteiger partial charge in [0.15, 0.2) is 35.1 Å². The van der Waals surface area contributed by atoms with E-state index in [1.807, 2.05) is 0 Å². The number of nitrogens with one attached hydrogen (secondary N) is 1. The molecule has 0 spiro atoms. The lowest BCUT2D eigenvalue weighted by atomic mass is 10.1. The predicted molar refractivity (Wildman–Crippen MR) is 147 cm³/mol. The van der Waals surface area contributed by atoms with Gasteiger partial charge >= 0.3 is 15.4 Å². The summed E-state index contributed by atoms with van der Waals surface area (Å²) in [6, 6.07) is 0.